The third-order valence-electron chi connectivity index (χ3n) is 7.57. The maximum atomic E-state index is 14.0. The lowest BCUT2D eigenvalue weighted by Gasteiger charge is -2.45. The van der Waals surface area contributed by atoms with Gasteiger partial charge in [0.1, 0.15) is 23.4 Å². The first-order valence-electron chi connectivity index (χ1n) is 12.5. The molecule has 0 radical (unpaired) electrons. The van der Waals surface area contributed by atoms with Crippen LogP contribution in [0.5, 0.6) is 0 Å². The summed E-state index contributed by atoms with van der Waals surface area (Å²) in [5, 5.41) is 0. The predicted molar refractivity (Wildman–Crippen MR) is 131 cm³/mol. The molecule has 10 heteroatoms. The van der Waals surface area contributed by atoms with Crippen LogP contribution in [-0.4, -0.2) is 102 Å². The minimum Gasteiger partial charge on any atom is -0.353 e. The van der Waals surface area contributed by atoms with Gasteiger partial charge in [0, 0.05) is 63.2 Å². The number of rotatable bonds is 3. The minimum atomic E-state index is -1.09. The molecular formula is C27H30F2N4O4. The van der Waals surface area contributed by atoms with Crippen molar-refractivity contribution in [3.05, 3.63) is 71.3 Å². The van der Waals surface area contributed by atoms with Crippen LogP contribution < -0.4 is 0 Å². The van der Waals surface area contributed by atoms with E-state index in [2.05, 4.69) is 4.90 Å². The van der Waals surface area contributed by atoms with Crippen molar-refractivity contribution in [2.75, 3.05) is 52.9 Å². The van der Waals surface area contributed by atoms with E-state index in [0.29, 0.717) is 44.6 Å². The minimum absolute atomic E-state index is 0.0398. The van der Waals surface area contributed by atoms with Gasteiger partial charge in [-0.25, -0.2) is 8.78 Å². The number of likely N-dealkylation sites (N-methyl/N-ethyl adjacent to an activating group) is 1. The lowest BCUT2D eigenvalue weighted by atomic mass is 9.96. The zero-order valence-corrected chi connectivity index (χ0v) is 20.7. The standard InChI is InChI=1S/C27H30F2N4O4/c1-30-13-15-32(16-14-30)26(36)23-18-37-27(33(23)25(35)20-3-2-4-22(29)17-20)9-11-31(12-10-27)24(34)19-5-7-21(28)8-6-19/h2-8,17,23H,9-16,18H2,1H3/t23-/m0/s1. The summed E-state index contributed by atoms with van der Waals surface area (Å²) in [6.45, 7) is 3.21. The normalized spacial score (nSPS) is 21.9. The highest BCUT2D eigenvalue weighted by atomic mass is 19.1. The summed E-state index contributed by atoms with van der Waals surface area (Å²) in [5.74, 6) is -1.85. The molecule has 8 nitrogen and oxygen atoms in total. The van der Waals surface area contributed by atoms with Gasteiger partial charge in [-0.15, -0.1) is 0 Å². The summed E-state index contributed by atoms with van der Waals surface area (Å²) in [6, 6.07) is 9.96. The van der Waals surface area contributed by atoms with Gasteiger partial charge < -0.3 is 19.4 Å². The first kappa shape index (κ1) is 25.3. The fourth-order valence-corrected chi connectivity index (χ4v) is 5.39. The lowest BCUT2D eigenvalue weighted by Crippen LogP contribution is -2.61. The molecule has 2 aromatic rings. The Labute approximate surface area is 214 Å². The second-order valence-electron chi connectivity index (χ2n) is 9.89. The van der Waals surface area contributed by atoms with Crippen molar-refractivity contribution in [1.29, 1.82) is 0 Å². The maximum Gasteiger partial charge on any atom is 0.256 e. The van der Waals surface area contributed by atoms with Crippen molar-refractivity contribution in [3.63, 3.8) is 0 Å². The molecule has 3 aliphatic rings. The van der Waals surface area contributed by atoms with Gasteiger partial charge in [0.25, 0.3) is 11.8 Å². The first-order valence-corrected chi connectivity index (χ1v) is 12.5. The molecule has 0 aliphatic carbocycles. The van der Waals surface area contributed by atoms with E-state index >= 15 is 0 Å². The van der Waals surface area contributed by atoms with Crippen LogP contribution in [0, 0.1) is 11.6 Å². The topological polar surface area (TPSA) is 73.4 Å². The number of benzene rings is 2. The van der Waals surface area contributed by atoms with Crippen LogP contribution in [0.1, 0.15) is 33.6 Å². The van der Waals surface area contributed by atoms with E-state index in [4.69, 9.17) is 4.74 Å². The third kappa shape index (κ3) is 4.95. The van der Waals surface area contributed by atoms with Gasteiger partial charge in [-0.3, -0.25) is 19.3 Å². The van der Waals surface area contributed by atoms with E-state index in [1.54, 1.807) is 9.80 Å². The van der Waals surface area contributed by atoms with E-state index < -0.39 is 29.3 Å². The number of piperazine rings is 1. The summed E-state index contributed by atoms with van der Waals surface area (Å²) in [5.41, 5.74) is -0.568. The summed E-state index contributed by atoms with van der Waals surface area (Å²) < 4.78 is 33.5. The summed E-state index contributed by atoms with van der Waals surface area (Å²) in [4.78, 5) is 47.4. The average Bonchev–Trinajstić information content (AvgIpc) is 3.27. The predicted octanol–water partition coefficient (Wildman–Crippen LogP) is 2.21. The highest BCUT2D eigenvalue weighted by Crippen LogP contribution is 2.39. The van der Waals surface area contributed by atoms with Crippen LogP contribution in [0.15, 0.2) is 48.5 Å². The van der Waals surface area contributed by atoms with E-state index in [9.17, 15) is 23.2 Å². The van der Waals surface area contributed by atoms with E-state index in [1.165, 1.54) is 53.4 Å². The van der Waals surface area contributed by atoms with Crippen LogP contribution in [0.4, 0.5) is 8.78 Å². The number of likely N-dealkylation sites (tertiary alicyclic amines) is 1. The molecule has 3 fully saturated rings. The highest BCUT2D eigenvalue weighted by molar-refractivity contribution is 5.98. The highest BCUT2D eigenvalue weighted by Gasteiger charge is 2.55. The smallest absolute Gasteiger partial charge is 0.256 e. The fraction of sp³-hybridized carbons (Fsp3) is 0.444. The van der Waals surface area contributed by atoms with Gasteiger partial charge in [0.05, 0.1) is 6.61 Å². The van der Waals surface area contributed by atoms with Crippen LogP contribution in [0.25, 0.3) is 0 Å². The molecule has 3 amide bonds. The number of hydrogen-bond donors (Lipinski definition) is 0. The van der Waals surface area contributed by atoms with Crippen molar-refractivity contribution in [3.8, 4) is 0 Å². The number of halogens is 2. The molecule has 1 atom stereocenters. The molecule has 0 bridgehead atoms. The molecule has 3 aliphatic heterocycles. The fourth-order valence-electron chi connectivity index (χ4n) is 5.39. The Hall–Kier alpha value is -3.37. The average molecular weight is 513 g/mol. The van der Waals surface area contributed by atoms with Gasteiger partial charge >= 0.3 is 0 Å². The van der Waals surface area contributed by atoms with Gasteiger partial charge in [-0.05, 0) is 49.5 Å². The van der Waals surface area contributed by atoms with Crippen molar-refractivity contribution in [2.24, 2.45) is 0 Å². The molecular weight excluding hydrogens is 482 g/mol. The van der Waals surface area contributed by atoms with Crippen molar-refractivity contribution >= 4 is 17.7 Å². The number of hydrogen-bond acceptors (Lipinski definition) is 5. The first-order chi connectivity index (χ1) is 17.8. The van der Waals surface area contributed by atoms with E-state index in [1.807, 2.05) is 7.05 Å². The second kappa shape index (κ2) is 10.2. The molecule has 196 valence electrons. The Kier molecular flexibility index (Phi) is 6.96. The number of amides is 3. The van der Waals surface area contributed by atoms with Gasteiger partial charge in [-0.1, -0.05) is 6.07 Å². The quantitative estimate of drug-likeness (QED) is 0.631. The Morgan fingerprint density at radius 1 is 0.811 bits per heavy atom. The number of carbonyl (C=O) groups excluding carboxylic acids is 3. The van der Waals surface area contributed by atoms with Crippen LogP contribution >= 0.6 is 0 Å². The van der Waals surface area contributed by atoms with E-state index in [0.717, 1.165) is 13.1 Å². The summed E-state index contributed by atoms with van der Waals surface area (Å²) >= 11 is 0. The van der Waals surface area contributed by atoms with Crippen molar-refractivity contribution in [2.45, 2.75) is 24.6 Å². The lowest BCUT2D eigenvalue weighted by molar-refractivity contribution is -0.139. The Balaban J connectivity index is 1.39. The maximum absolute atomic E-state index is 14.0. The Morgan fingerprint density at radius 3 is 2.14 bits per heavy atom. The number of nitrogens with zero attached hydrogens (tertiary/aromatic N) is 4. The van der Waals surface area contributed by atoms with Crippen molar-refractivity contribution < 1.29 is 27.9 Å². The zero-order chi connectivity index (χ0) is 26.2. The number of carbonyl (C=O) groups is 3. The Bertz CT molecular complexity index is 1180. The molecule has 5 rings (SSSR count). The van der Waals surface area contributed by atoms with Crippen LogP contribution in [0.3, 0.4) is 0 Å². The molecule has 2 aromatic carbocycles. The van der Waals surface area contributed by atoms with Gasteiger partial charge in [0.2, 0.25) is 5.91 Å². The summed E-state index contributed by atoms with van der Waals surface area (Å²) in [6.07, 6.45) is 0.598. The summed E-state index contributed by atoms with van der Waals surface area (Å²) in [7, 11) is 2.00. The molecule has 0 N–H and O–H groups in total. The third-order valence-corrected chi connectivity index (χ3v) is 7.57. The number of piperidine rings is 1. The van der Waals surface area contributed by atoms with E-state index in [-0.39, 0.29) is 24.0 Å². The monoisotopic (exact) mass is 512 g/mol. The second-order valence-corrected chi connectivity index (χ2v) is 9.89. The van der Waals surface area contributed by atoms with Gasteiger partial charge in [-0.2, -0.15) is 0 Å². The SMILES string of the molecule is CN1CCN(C(=O)[C@@H]2COC3(CCN(C(=O)c4ccc(F)cc4)CC3)N2C(=O)c2cccc(F)c2)CC1. The van der Waals surface area contributed by atoms with Gasteiger partial charge in [0.15, 0.2) is 0 Å². The largest absolute Gasteiger partial charge is 0.353 e. The number of ether oxygens (including phenoxy) is 1. The molecule has 0 unspecified atom stereocenters. The van der Waals surface area contributed by atoms with Crippen molar-refractivity contribution in [1.82, 2.24) is 19.6 Å². The molecule has 0 saturated carbocycles. The molecule has 37 heavy (non-hydrogen) atoms. The molecule has 3 heterocycles. The molecule has 0 aromatic heterocycles. The Morgan fingerprint density at radius 2 is 1.49 bits per heavy atom. The molecule has 1 spiro atoms. The molecule has 3 saturated heterocycles. The van der Waals surface area contributed by atoms with Crippen LogP contribution in [0.2, 0.25) is 0 Å². The van der Waals surface area contributed by atoms with Crippen LogP contribution in [-0.2, 0) is 9.53 Å². The zero-order valence-electron chi connectivity index (χ0n) is 20.7.